The lowest BCUT2D eigenvalue weighted by Gasteiger charge is -2.47. The Balaban J connectivity index is 1.69. The molecule has 3 fully saturated rings. The van der Waals surface area contributed by atoms with Crippen LogP contribution in [0.5, 0.6) is 0 Å². The van der Waals surface area contributed by atoms with Crippen molar-refractivity contribution in [2.24, 2.45) is 0 Å². The van der Waals surface area contributed by atoms with E-state index in [9.17, 15) is 22.8 Å². The average molecular weight is 381 g/mol. The number of carboxylic acid groups (broad SMARTS) is 1. The van der Waals surface area contributed by atoms with Gasteiger partial charge in [-0.15, -0.1) is 0 Å². The molecule has 2 bridgehead atoms. The number of halogens is 3. The molecular weight excluding hydrogens is 363 g/mol. The topological polar surface area (TPSA) is 85.4 Å². The number of rotatable bonds is 4. The summed E-state index contributed by atoms with van der Waals surface area (Å²) in [5.41, 5.74) is -2.38. The molecule has 0 radical (unpaired) electrons. The Bertz CT molecular complexity index is 970. The van der Waals surface area contributed by atoms with Crippen LogP contribution in [0.1, 0.15) is 28.8 Å². The number of hydrogen-bond acceptors (Lipinski definition) is 4. The zero-order chi connectivity index (χ0) is 19.3. The molecule has 4 heterocycles. The summed E-state index contributed by atoms with van der Waals surface area (Å²) in [5, 5.41) is 11.8. The summed E-state index contributed by atoms with van der Waals surface area (Å²) in [6.45, 7) is 1.14. The van der Waals surface area contributed by atoms with Gasteiger partial charge in [-0.2, -0.15) is 0 Å². The predicted molar refractivity (Wildman–Crippen MR) is 91.6 cm³/mol. The molecule has 0 saturated carbocycles. The minimum Gasteiger partial charge on any atom is -0.477 e. The Morgan fingerprint density at radius 1 is 1.37 bits per heavy atom. The summed E-state index contributed by atoms with van der Waals surface area (Å²) in [6.07, 6.45) is 0.622. The van der Waals surface area contributed by atoms with E-state index in [-0.39, 0.29) is 17.6 Å². The second-order valence-electron chi connectivity index (χ2n) is 7.08. The first-order valence-corrected chi connectivity index (χ1v) is 8.75. The Morgan fingerprint density at radius 3 is 2.74 bits per heavy atom. The number of benzene rings is 1. The second kappa shape index (κ2) is 6.65. The van der Waals surface area contributed by atoms with Crippen molar-refractivity contribution >= 4 is 16.9 Å². The van der Waals surface area contributed by atoms with Crippen LogP contribution in [0.2, 0.25) is 0 Å². The van der Waals surface area contributed by atoms with E-state index in [1.165, 1.54) is 0 Å². The van der Waals surface area contributed by atoms with E-state index in [4.69, 9.17) is 5.11 Å². The fourth-order valence-corrected chi connectivity index (χ4v) is 4.05. The molecular formula is C18H18F3N3O3. The van der Waals surface area contributed by atoms with Crippen molar-refractivity contribution in [3.8, 4) is 0 Å². The number of aromatic carboxylic acids is 1. The molecule has 0 spiro atoms. The first kappa shape index (κ1) is 18.0. The molecule has 3 saturated heterocycles. The third-order valence-electron chi connectivity index (χ3n) is 5.52. The standard InChI is InChI=1S/C18H18F3N3O3/c19-13-3-11-16(23-6-12(17(11)25)18(26)27)15(21)10(13)4-14(20)24-7-8-1-2-9(24)5-22-8/h3,6,8-9,14,22H,1-2,4-5,7H2,(H,23,25)(H,26,27). The fourth-order valence-electron chi connectivity index (χ4n) is 4.05. The van der Waals surface area contributed by atoms with Crippen LogP contribution in [0.3, 0.4) is 0 Å². The summed E-state index contributed by atoms with van der Waals surface area (Å²) >= 11 is 0. The molecule has 3 atom stereocenters. The van der Waals surface area contributed by atoms with E-state index in [1.807, 2.05) is 0 Å². The molecule has 1 aromatic carbocycles. The van der Waals surface area contributed by atoms with Gasteiger partial charge in [0.05, 0.1) is 10.9 Å². The van der Waals surface area contributed by atoms with Crippen molar-refractivity contribution in [3.63, 3.8) is 0 Å². The summed E-state index contributed by atoms with van der Waals surface area (Å²) in [4.78, 5) is 27.2. The maximum atomic E-state index is 14.9. The Hall–Kier alpha value is -2.39. The zero-order valence-electron chi connectivity index (χ0n) is 14.3. The highest BCUT2D eigenvalue weighted by molar-refractivity contribution is 5.92. The monoisotopic (exact) mass is 381 g/mol. The van der Waals surface area contributed by atoms with E-state index in [1.54, 1.807) is 4.90 Å². The summed E-state index contributed by atoms with van der Waals surface area (Å²) in [5.74, 6) is -3.63. The van der Waals surface area contributed by atoms with E-state index in [2.05, 4.69) is 10.3 Å². The van der Waals surface area contributed by atoms with Crippen molar-refractivity contribution in [2.45, 2.75) is 37.6 Å². The van der Waals surface area contributed by atoms with Crippen LogP contribution in [-0.2, 0) is 6.42 Å². The number of pyridine rings is 1. The first-order chi connectivity index (χ1) is 12.9. The van der Waals surface area contributed by atoms with Gasteiger partial charge in [-0.25, -0.2) is 18.0 Å². The number of fused-ring (bicyclic) bond motifs is 4. The van der Waals surface area contributed by atoms with Crippen molar-refractivity contribution in [1.82, 2.24) is 15.2 Å². The number of nitrogens with one attached hydrogen (secondary N) is 2. The van der Waals surface area contributed by atoms with Gasteiger partial charge in [0.15, 0.2) is 12.1 Å². The second-order valence-corrected chi connectivity index (χ2v) is 7.08. The molecule has 6 nitrogen and oxygen atoms in total. The molecule has 0 amide bonds. The number of carboxylic acids is 1. The quantitative estimate of drug-likeness (QED) is 0.703. The SMILES string of the molecule is O=C(O)c1c[nH]c2c(F)c(CC(F)N3CC4CCC3CN4)c(F)cc2c1=O. The highest BCUT2D eigenvalue weighted by Crippen LogP contribution is 2.28. The maximum Gasteiger partial charge on any atom is 0.341 e. The molecule has 5 rings (SSSR count). The molecule has 2 aromatic rings. The van der Waals surface area contributed by atoms with Gasteiger partial charge >= 0.3 is 5.97 Å². The molecule has 1 aromatic heterocycles. The Kier molecular flexibility index (Phi) is 4.43. The Morgan fingerprint density at radius 2 is 2.15 bits per heavy atom. The number of aromatic amines is 1. The third-order valence-corrected chi connectivity index (χ3v) is 5.52. The van der Waals surface area contributed by atoms with Crippen LogP contribution < -0.4 is 10.7 Å². The van der Waals surface area contributed by atoms with E-state index < -0.39 is 52.3 Å². The number of nitrogens with zero attached hydrogens (tertiary/aromatic N) is 1. The molecule has 0 aliphatic carbocycles. The first-order valence-electron chi connectivity index (χ1n) is 8.75. The molecule has 144 valence electrons. The number of alkyl halides is 1. The normalized spacial score (nSPS) is 23.7. The number of carbonyl (C=O) groups is 1. The minimum absolute atomic E-state index is 0.00508. The van der Waals surface area contributed by atoms with Gasteiger partial charge in [0, 0.05) is 43.4 Å². The van der Waals surface area contributed by atoms with Crippen LogP contribution in [0, 0.1) is 11.6 Å². The minimum atomic E-state index is -1.55. The van der Waals surface area contributed by atoms with Crippen LogP contribution in [-0.4, -0.2) is 52.4 Å². The van der Waals surface area contributed by atoms with Crippen LogP contribution >= 0.6 is 0 Å². The van der Waals surface area contributed by atoms with E-state index >= 15 is 0 Å². The van der Waals surface area contributed by atoms with Gasteiger partial charge in [-0.05, 0) is 18.9 Å². The fraction of sp³-hybridized carbons (Fsp3) is 0.444. The maximum absolute atomic E-state index is 14.9. The number of piperazine rings is 1. The van der Waals surface area contributed by atoms with Crippen molar-refractivity contribution in [1.29, 1.82) is 0 Å². The average Bonchev–Trinajstić information content (AvgIpc) is 2.66. The number of piperidine rings is 2. The summed E-state index contributed by atoms with van der Waals surface area (Å²) in [7, 11) is 0. The number of aromatic nitrogens is 1. The lowest BCUT2D eigenvalue weighted by Crippen LogP contribution is -2.63. The summed E-state index contributed by atoms with van der Waals surface area (Å²) < 4.78 is 44.1. The van der Waals surface area contributed by atoms with Gasteiger partial charge < -0.3 is 15.4 Å². The zero-order valence-corrected chi connectivity index (χ0v) is 14.3. The predicted octanol–water partition coefficient (Wildman–Crippen LogP) is 1.78. The van der Waals surface area contributed by atoms with Crippen LogP contribution in [0.25, 0.3) is 10.9 Å². The van der Waals surface area contributed by atoms with Crippen molar-refractivity contribution in [3.05, 3.63) is 45.2 Å². The third kappa shape index (κ3) is 3.00. The molecule has 9 heteroatoms. The van der Waals surface area contributed by atoms with Gasteiger partial charge in [0.1, 0.15) is 11.4 Å². The summed E-state index contributed by atoms with van der Waals surface area (Å²) in [6, 6.07) is 0.954. The van der Waals surface area contributed by atoms with E-state index in [0.29, 0.717) is 13.1 Å². The molecule has 3 unspecified atom stereocenters. The van der Waals surface area contributed by atoms with Gasteiger partial charge in [-0.3, -0.25) is 9.69 Å². The highest BCUT2D eigenvalue weighted by atomic mass is 19.1. The van der Waals surface area contributed by atoms with Gasteiger partial charge in [0.25, 0.3) is 0 Å². The van der Waals surface area contributed by atoms with Crippen molar-refractivity contribution < 1.29 is 23.1 Å². The lowest BCUT2D eigenvalue weighted by atomic mass is 9.92. The molecule has 3 aliphatic rings. The molecule has 3 aliphatic heterocycles. The van der Waals surface area contributed by atoms with Crippen molar-refractivity contribution in [2.75, 3.05) is 13.1 Å². The van der Waals surface area contributed by atoms with Crippen LogP contribution in [0.4, 0.5) is 13.2 Å². The van der Waals surface area contributed by atoms with Gasteiger partial charge in [0.2, 0.25) is 5.43 Å². The number of H-pyrrole nitrogens is 1. The number of hydrogen-bond donors (Lipinski definition) is 3. The highest BCUT2D eigenvalue weighted by Gasteiger charge is 2.38. The largest absolute Gasteiger partial charge is 0.477 e. The Labute approximate surface area is 152 Å². The van der Waals surface area contributed by atoms with E-state index in [0.717, 1.165) is 25.1 Å². The molecule has 27 heavy (non-hydrogen) atoms. The van der Waals surface area contributed by atoms with Gasteiger partial charge in [-0.1, -0.05) is 0 Å². The van der Waals surface area contributed by atoms with Crippen LogP contribution in [0.15, 0.2) is 17.1 Å². The molecule has 3 N–H and O–H groups in total. The lowest BCUT2D eigenvalue weighted by molar-refractivity contribution is -0.0199. The smallest absolute Gasteiger partial charge is 0.341 e.